The standard InChI is InChI=1S/C12H7N3O2/c1-17-7-2-3-11-8(4-7)9(5-13)10(6-14)12(16)15-11/h2-4H,1H3,(H,15,16). The number of H-pyrrole nitrogens is 1. The molecule has 0 saturated carbocycles. The fourth-order valence-corrected chi connectivity index (χ4v) is 1.62. The van der Waals surface area contributed by atoms with Gasteiger partial charge in [-0.25, -0.2) is 0 Å². The zero-order chi connectivity index (χ0) is 12.4. The molecule has 0 fully saturated rings. The largest absolute Gasteiger partial charge is 0.497 e. The fourth-order valence-electron chi connectivity index (χ4n) is 1.62. The van der Waals surface area contributed by atoms with E-state index in [0.29, 0.717) is 16.7 Å². The van der Waals surface area contributed by atoms with Gasteiger partial charge in [0.25, 0.3) is 5.56 Å². The van der Waals surface area contributed by atoms with Crippen LogP contribution in [0, 0.1) is 22.7 Å². The van der Waals surface area contributed by atoms with Crippen LogP contribution in [0.5, 0.6) is 5.75 Å². The summed E-state index contributed by atoms with van der Waals surface area (Å²) in [6.45, 7) is 0. The Morgan fingerprint density at radius 2 is 1.94 bits per heavy atom. The Kier molecular flexibility index (Phi) is 2.52. The summed E-state index contributed by atoms with van der Waals surface area (Å²) in [4.78, 5) is 14.1. The van der Waals surface area contributed by atoms with Crippen LogP contribution in [0.25, 0.3) is 10.9 Å². The van der Waals surface area contributed by atoms with E-state index in [1.807, 2.05) is 6.07 Å². The third-order valence-electron chi connectivity index (χ3n) is 2.44. The number of methoxy groups -OCH3 is 1. The lowest BCUT2D eigenvalue weighted by molar-refractivity contribution is 0.415. The Labute approximate surface area is 96.5 Å². The van der Waals surface area contributed by atoms with E-state index in [1.165, 1.54) is 7.11 Å². The Balaban J connectivity index is 2.98. The second-order valence-electron chi connectivity index (χ2n) is 3.34. The van der Waals surface area contributed by atoms with E-state index in [9.17, 15) is 4.79 Å². The summed E-state index contributed by atoms with van der Waals surface area (Å²) in [5.74, 6) is 0.560. The molecule has 0 saturated heterocycles. The van der Waals surface area contributed by atoms with E-state index < -0.39 is 5.56 Å². The van der Waals surface area contributed by atoms with Crippen LogP contribution >= 0.6 is 0 Å². The van der Waals surface area contributed by atoms with Gasteiger partial charge in [0.2, 0.25) is 0 Å². The number of benzene rings is 1. The zero-order valence-electron chi connectivity index (χ0n) is 8.94. The Morgan fingerprint density at radius 1 is 1.24 bits per heavy atom. The van der Waals surface area contributed by atoms with Crippen molar-refractivity contribution in [2.24, 2.45) is 0 Å². The van der Waals surface area contributed by atoms with Crippen LogP contribution in [-0.2, 0) is 0 Å². The molecule has 5 heteroatoms. The molecule has 0 atom stereocenters. The molecule has 1 N–H and O–H groups in total. The minimum Gasteiger partial charge on any atom is -0.497 e. The zero-order valence-corrected chi connectivity index (χ0v) is 8.94. The molecule has 2 aromatic rings. The van der Waals surface area contributed by atoms with Crippen molar-refractivity contribution >= 4 is 10.9 Å². The van der Waals surface area contributed by atoms with Crippen molar-refractivity contribution in [2.45, 2.75) is 0 Å². The Bertz CT molecular complexity index is 732. The van der Waals surface area contributed by atoms with Gasteiger partial charge in [-0.1, -0.05) is 0 Å². The Hall–Kier alpha value is -2.79. The average molecular weight is 225 g/mol. The highest BCUT2D eigenvalue weighted by Gasteiger charge is 2.12. The van der Waals surface area contributed by atoms with Crippen molar-refractivity contribution in [3.05, 3.63) is 39.7 Å². The first kappa shape index (κ1) is 10.7. The molecule has 5 nitrogen and oxygen atoms in total. The summed E-state index contributed by atoms with van der Waals surface area (Å²) in [7, 11) is 1.50. The van der Waals surface area contributed by atoms with Crippen LogP contribution in [0.3, 0.4) is 0 Å². The molecule has 1 heterocycles. The molecule has 0 radical (unpaired) electrons. The number of nitrogens with one attached hydrogen (secondary N) is 1. The molecule has 0 unspecified atom stereocenters. The first-order valence-corrected chi connectivity index (χ1v) is 4.75. The maximum atomic E-state index is 11.5. The first-order valence-electron chi connectivity index (χ1n) is 4.75. The molecular formula is C12H7N3O2. The summed E-state index contributed by atoms with van der Waals surface area (Å²) < 4.78 is 5.04. The van der Waals surface area contributed by atoms with Crippen molar-refractivity contribution in [2.75, 3.05) is 7.11 Å². The van der Waals surface area contributed by atoms with E-state index in [4.69, 9.17) is 15.3 Å². The average Bonchev–Trinajstić information content (AvgIpc) is 2.36. The van der Waals surface area contributed by atoms with Gasteiger partial charge < -0.3 is 9.72 Å². The summed E-state index contributed by atoms with van der Waals surface area (Å²) in [5, 5.41) is 18.4. The highest BCUT2D eigenvalue weighted by atomic mass is 16.5. The van der Waals surface area contributed by atoms with Crippen molar-refractivity contribution < 1.29 is 4.74 Å². The van der Waals surface area contributed by atoms with Crippen LogP contribution < -0.4 is 10.3 Å². The van der Waals surface area contributed by atoms with Crippen LogP contribution in [0.4, 0.5) is 0 Å². The number of hydrogen-bond acceptors (Lipinski definition) is 4. The maximum absolute atomic E-state index is 11.5. The Morgan fingerprint density at radius 3 is 2.53 bits per heavy atom. The topological polar surface area (TPSA) is 89.7 Å². The molecule has 0 aliphatic heterocycles. The van der Waals surface area contributed by atoms with Gasteiger partial charge in [-0.3, -0.25) is 4.79 Å². The number of pyridine rings is 1. The summed E-state index contributed by atoms with van der Waals surface area (Å²) in [5.41, 5.74) is -0.147. The van der Waals surface area contributed by atoms with Gasteiger partial charge in [0.15, 0.2) is 0 Å². The van der Waals surface area contributed by atoms with Gasteiger partial charge in [-0.05, 0) is 18.2 Å². The second kappa shape index (κ2) is 3.99. The van der Waals surface area contributed by atoms with Crippen molar-refractivity contribution in [1.29, 1.82) is 10.5 Å². The first-order chi connectivity index (χ1) is 8.21. The molecule has 0 bridgehead atoms. The van der Waals surface area contributed by atoms with E-state index in [1.54, 1.807) is 24.3 Å². The van der Waals surface area contributed by atoms with E-state index in [0.717, 1.165) is 0 Å². The summed E-state index contributed by atoms with van der Waals surface area (Å²) in [6.07, 6.45) is 0. The second-order valence-corrected chi connectivity index (χ2v) is 3.34. The van der Waals surface area contributed by atoms with Crippen molar-refractivity contribution in [1.82, 2.24) is 4.98 Å². The van der Waals surface area contributed by atoms with Gasteiger partial charge in [0.1, 0.15) is 23.5 Å². The lowest BCUT2D eigenvalue weighted by Crippen LogP contribution is -2.12. The number of nitrogens with zero attached hydrogens (tertiary/aromatic N) is 2. The molecule has 2 rings (SSSR count). The van der Waals surface area contributed by atoms with Gasteiger partial charge in [0, 0.05) is 10.9 Å². The number of hydrogen-bond donors (Lipinski definition) is 1. The monoisotopic (exact) mass is 225 g/mol. The summed E-state index contributed by atoms with van der Waals surface area (Å²) >= 11 is 0. The summed E-state index contributed by atoms with van der Waals surface area (Å²) in [6, 6.07) is 8.55. The van der Waals surface area contributed by atoms with Crippen LogP contribution in [-0.4, -0.2) is 12.1 Å². The maximum Gasteiger partial charge on any atom is 0.267 e. The fraction of sp³-hybridized carbons (Fsp3) is 0.0833. The minimum atomic E-state index is -0.554. The van der Waals surface area contributed by atoms with Gasteiger partial charge in [-0.2, -0.15) is 10.5 Å². The van der Waals surface area contributed by atoms with Gasteiger partial charge >= 0.3 is 0 Å². The van der Waals surface area contributed by atoms with Crippen molar-refractivity contribution in [3.8, 4) is 17.9 Å². The van der Waals surface area contributed by atoms with Crippen LogP contribution in [0.15, 0.2) is 23.0 Å². The third kappa shape index (κ3) is 1.60. The van der Waals surface area contributed by atoms with Gasteiger partial charge in [-0.15, -0.1) is 0 Å². The number of aromatic nitrogens is 1. The molecule has 82 valence electrons. The van der Waals surface area contributed by atoms with Crippen molar-refractivity contribution in [3.63, 3.8) is 0 Å². The molecule has 1 aromatic heterocycles. The predicted octanol–water partition coefficient (Wildman–Crippen LogP) is 1.28. The number of rotatable bonds is 1. The molecule has 0 aliphatic rings. The number of nitriles is 2. The van der Waals surface area contributed by atoms with Gasteiger partial charge in [0.05, 0.1) is 12.7 Å². The van der Waals surface area contributed by atoms with Crippen LogP contribution in [0.1, 0.15) is 11.1 Å². The SMILES string of the molecule is COc1ccc2[nH]c(=O)c(C#N)c(C#N)c2c1. The van der Waals surface area contributed by atoms with Crippen LogP contribution in [0.2, 0.25) is 0 Å². The molecule has 17 heavy (non-hydrogen) atoms. The number of fused-ring (bicyclic) bond motifs is 1. The van der Waals surface area contributed by atoms with E-state index >= 15 is 0 Å². The highest BCUT2D eigenvalue weighted by molar-refractivity contribution is 5.87. The molecule has 0 aliphatic carbocycles. The molecule has 1 aromatic carbocycles. The highest BCUT2D eigenvalue weighted by Crippen LogP contribution is 2.22. The number of aromatic amines is 1. The number of ether oxygens (including phenoxy) is 1. The van der Waals surface area contributed by atoms with E-state index in [2.05, 4.69) is 4.98 Å². The minimum absolute atomic E-state index is 0.0742. The quantitative estimate of drug-likeness (QED) is 0.791. The molecular weight excluding hydrogens is 218 g/mol. The lowest BCUT2D eigenvalue weighted by Gasteiger charge is -2.04. The lowest BCUT2D eigenvalue weighted by atomic mass is 10.1. The van der Waals surface area contributed by atoms with E-state index in [-0.39, 0.29) is 11.1 Å². The smallest absolute Gasteiger partial charge is 0.267 e. The molecule has 0 amide bonds. The third-order valence-corrected chi connectivity index (χ3v) is 2.44. The predicted molar refractivity (Wildman–Crippen MR) is 60.6 cm³/mol. The normalized spacial score (nSPS) is 9.59. The molecule has 0 spiro atoms.